The van der Waals surface area contributed by atoms with E-state index >= 15 is 0 Å². The predicted molar refractivity (Wildman–Crippen MR) is 100 cm³/mol. The number of esters is 1. The zero-order valence-corrected chi connectivity index (χ0v) is 15.2. The number of benzene rings is 2. The summed E-state index contributed by atoms with van der Waals surface area (Å²) in [6, 6.07) is 11.1. The van der Waals surface area contributed by atoms with E-state index < -0.39 is 11.8 Å². The molecule has 2 aromatic rings. The predicted octanol–water partition coefficient (Wildman–Crippen LogP) is 4.36. The summed E-state index contributed by atoms with van der Waals surface area (Å²) in [5.74, 6) is 0.324. The molecule has 0 unspecified atom stereocenters. The Morgan fingerprint density at radius 1 is 1.11 bits per heavy atom. The summed E-state index contributed by atoms with van der Waals surface area (Å²) < 4.78 is 29.8. The quantitative estimate of drug-likeness (QED) is 0.538. The van der Waals surface area contributed by atoms with Gasteiger partial charge >= 0.3 is 5.97 Å². The van der Waals surface area contributed by atoms with E-state index in [1.54, 1.807) is 24.3 Å². The van der Waals surface area contributed by atoms with Crippen LogP contribution in [0.4, 0.5) is 4.39 Å². The number of carbonyl (C=O) groups is 1. The fourth-order valence-electron chi connectivity index (χ4n) is 2.53. The molecule has 1 heterocycles. The molecule has 2 aromatic carbocycles. The summed E-state index contributed by atoms with van der Waals surface area (Å²) in [7, 11) is 0. The lowest BCUT2D eigenvalue weighted by atomic mass is 10.1. The first-order valence-electron chi connectivity index (χ1n) is 8.79. The number of carbonyl (C=O) groups excluding carboxylic acids is 1. The molecule has 1 aliphatic rings. The number of cyclic esters (lactones) is 1. The third kappa shape index (κ3) is 4.53. The van der Waals surface area contributed by atoms with Gasteiger partial charge in [-0.2, -0.15) is 0 Å². The van der Waals surface area contributed by atoms with Gasteiger partial charge in [0, 0.05) is 5.56 Å². The van der Waals surface area contributed by atoms with E-state index in [0.717, 1.165) is 12.0 Å². The molecule has 0 saturated carbocycles. The van der Waals surface area contributed by atoms with Gasteiger partial charge in [-0.1, -0.05) is 19.1 Å². The molecule has 0 amide bonds. The minimum atomic E-state index is -0.585. The van der Waals surface area contributed by atoms with Gasteiger partial charge in [0.25, 0.3) is 0 Å². The van der Waals surface area contributed by atoms with Gasteiger partial charge in [0.15, 0.2) is 17.2 Å². The number of aliphatic imine (C=N–C) groups is 1. The van der Waals surface area contributed by atoms with Crippen LogP contribution in [0.2, 0.25) is 0 Å². The highest BCUT2D eigenvalue weighted by molar-refractivity contribution is 6.12. The van der Waals surface area contributed by atoms with E-state index in [4.69, 9.17) is 14.2 Å². The minimum absolute atomic E-state index is 0.0821. The fraction of sp³-hybridized carbons (Fsp3) is 0.238. The van der Waals surface area contributed by atoms with E-state index in [2.05, 4.69) is 4.99 Å². The second-order valence-corrected chi connectivity index (χ2v) is 5.83. The summed E-state index contributed by atoms with van der Waals surface area (Å²) in [4.78, 5) is 16.3. The lowest BCUT2D eigenvalue weighted by Crippen LogP contribution is -2.05. The van der Waals surface area contributed by atoms with Gasteiger partial charge in [-0.15, -0.1) is 0 Å². The zero-order valence-electron chi connectivity index (χ0n) is 15.2. The Hall–Kier alpha value is -3.15. The highest BCUT2D eigenvalue weighted by Gasteiger charge is 2.24. The molecular formula is C21H20FNO4. The van der Waals surface area contributed by atoms with Crippen molar-refractivity contribution in [2.45, 2.75) is 20.3 Å². The van der Waals surface area contributed by atoms with E-state index in [-0.39, 0.29) is 11.6 Å². The van der Waals surface area contributed by atoms with E-state index in [1.165, 1.54) is 18.2 Å². The normalized spacial score (nSPS) is 14.9. The van der Waals surface area contributed by atoms with Crippen molar-refractivity contribution in [3.8, 4) is 11.5 Å². The van der Waals surface area contributed by atoms with Crippen molar-refractivity contribution in [1.82, 2.24) is 0 Å². The molecular weight excluding hydrogens is 349 g/mol. The van der Waals surface area contributed by atoms with Crippen molar-refractivity contribution in [2.24, 2.45) is 4.99 Å². The number of hydrogen-bond acceptors (Lipinski definition) is 5. The first-order chi connectivity index (χ1) is 13.1. The minimum Gasteiger partial charge on any atom is -0.490 e. The second kappa shape index (κ2) is 8.49. The van der Waals surface area contributed by atoms with Crippen molar-refractivity contribution < 1.29 is 23.4 Å². The maximum absolute atomic E-state index is 13.4. The first-order valence-corrected chi connectivity index (χ1v) is 8.79. The third-order valence-electron chi connectivity index (χ3n) is 3.72. The highest BCUT2D eigenvalue weighted by atomic mass is 19.1. The molecule has 5 nitrogen and oxygen atoms in total. The molecule has 27 heavy (non-hydrogen) atoms. The Kier molecular flexibility index (Phi) is 5.86. The lowest BCUT2D eigenvalue weighted by molar-refractivity contribution is -0.129. The van der Waals surface area contributed by atoms with Crippen LogP contribution >= 0.6 is 0 Å². The first kappa shape index (κ1) is 18.6. The van der Waals surface area contributed by atoms with Crippen molar-refractivity contribution in [3.63, 3.8) is 0 Å². The van der Waals surface area contributed by atoms with Gasteiger partial charge in [-0.25, -0.2) is 14.2 Å². The zero-order chi connectivity index (χ0) is 19.2. The molecule has 0 saturated heterocycles. The Morgan fingerprint density at radius 3 is 2.70 bits per heavy atom. The Morgan fingerprint density at radius 2 is 1.96 bits per heavy atom. The van der Waals surface area contributed by atoms with Crippen LogP contribution in [0.3, 0.4) is 0 Å². The molecule has 6 heteroatoms. The van der Waals surface area contributed by atoms with Crippen molar-refractivity contribution in [1.29, 1.82) is 0 Å². The molecule has 140 valence electrons. The number of nitrogens with zero attached hydrogens (tertiary/aromatic N) is 1. The van der Waals surface area contributed by atoms with Crippen molar-refractivity contribution in [2.75, 3.05) is 13.2 Å². The standard InChI is InChI=1S/C21H20FNO4/c1-3-10-26-18-9-8-14(12-19(18)25-4-2)11-17-21(24)27-20(23-17)15-6-5-7-16(22)13-15/h5-9,11-13H,3-4,10H2,1-2H3/b17-11-. The van der Waals surface area contributed by atoms with E-state index in [1.807, 2.05) is 19.9 Å². The van der Waals surface area contributed by atoms with Crippen LogP contribution < -0.4 is 9.47 Å². The summed E-state index contributed by atoms with van der Waals surface area (Å²) >= 11 is 0. The molecule has 0 fully saturated rings. The molecule has 0 aromatic heterocycles. The van der Waals surface area contributed by atoms with Gasteiger partial charge in [-0.3, -0.25) is 0 Å². The fourth-order valence-corrected chi connectivity index (χ4v) is 2.53. The second-order valence-electron chi connectivity index (χ2n) is 5.83. The molecule has 0 radical (unpaired) electrons. The van der Waals surface area contributed by atoms with Gasteiger partial charge in [0.05, 0.1) is 13.2 Å². The average Bonchev–Trinajstić information content (AvgIpc) is 3.02. The largest absolute Gasteiger partial charge is 0.490 e. The maximum Gasteiger partial charge on any atom is 0.363 e. The number of hydrogen-bond donors (Lipinski definition) is 0. The summed E-state index contributed by atoms with van der Waals surface area (Å²) in [5, 5.41) is 0. The molecule has 0 N–H and O–H groups in total. The summed E-state index contributed by atoms with van der Waals surface area (Å²) in [6.07, 6.45) is 2.49. The number of rotatable bonds is 7. The monoisotopic (exact) mass is 369 g/mol. The summed E-state index contributed by atoms with van der Waals surface area (Å²) in [6.45, 7) is 5.00. The number of ether oxygens (including phenoxy) is 3. The van der Waals surface area contributed by atoms with Crippen LogP contribution in [-0.2, 0) is 9.53 Å². The van der Waals surface area contributed by atoms with E-state index in [0.29, 0.717) is 30.3 Å². The SMILES string of the molecule is CCCOc1ccc(/C=C2\N=C(c3cccc(F)c3)OC2=O)cc1OCC. The van der Waals surface area contributed by atoms with Crippen LogP contribution in [0, 0.1) is 5.82 Å². The van der Waals surface area contributed by atoms with E-state index in [9.17, 15) is 9.18 Å². The van der Waals surface area contributed by atoms with Gasteiger partial charge in [0.1, 0.15) is 5.82 Å². The molecule has 1 aliphatic heterocycles. The van der Waals surface area contributed by atoms with Crippen molar-refractivity contribution >= 4 is 17.9 Å². The molecule has 0 aliphatic carbocycles. The molecule has 0 spiro atoms. The van der Waals surface area contributed by atoms with Gasteiger partial charge < -0.3 is 14.2 Å². The summed E-state index contributed by atoms with van der Waals surface area (Å²) in [5.41, 5.74) is 1.27. The van der Waals surface area contributed by atoms with Gasteiger partial charge in [-0.05, 0) is 55.3 Å². The van der Waals surface area contributed by atoms with Crippen LogP contribution in [0.1, 0.15) is 31.4 Å². The topological polar surface area (TPSA) is 57.1 Å². The van der Waals surface area contributed by atoms with Gasteiger partial charge in [0.2, 0.25) is 5.90 Å². The maximum atomic E-state index is 13.4. The highest BCUT2D eigenvalue weighted by Crippen LogP contribution is 2.30. The van der Waals surface area contributed by atoms with Crippen LogP contribution in [-0.4, -0.2) is 25.1 Å². The molecule has 3 rings (SSSR count). The third-order valence-corrected chi connectivity index (χ3v) is 3.72. The Labute approximate surface area is 157 Å². The lowest BCUT2D eigenvalue weighted by Gasteiger charge is -2.12. The van der Waals surface area contributed by atoms with Crippen LogP contribution in [0.25, 0.3) is 6.08 Å². The van der Waals surface area contributed by atoms with Crippen molar-refractivity contribution in [3.05, 3.63) is 65.1 Å². The average molecular weight is 369 g/mol. The number of halogens is 1. The van der Waals surface area contributed by atoms with Crippen LogP contribution in [0.15, 0.2) is 53.2 Å². The molecule has 0 atom stereocenters. The Balaban J connectivity index is 1.89. The molecule has 0 bridgehead atoms. The smallest absolute Gasteiger partial charge is 0.363 e. The Bertz CT molecular complexity index is 905. The van der Waals surface area contributed by atoms with Crippen LogP contribution in [0.5, 0.6) is 11.5 Å².